The second-order valence-electron chi connectivity index (χ2n) is 7.82. The van der Waals surface area contributed by atoms with E-state index in [1.165, 1.54) is 13.2 Å². The van der Waals surface area contributed by atoms with Crippen molar-refractivity contribution < 1.29 is 23.4 Å². The first-order chi connectivity index (χ1) is 14.0. The van der Waals surface area contributed by atoms with Crippen LogP contribution in [0.25, 0.3) is 0 Å². The Balaban J connectivity index is 1.58. The van der Waals surface area contributed by atoms with Gasteiger partial charge in [0.25, 0.3) is 0 Å². The molecule has 5 nitrogen and oxygen atoms in total. The van der Waals surface area contributed by atoms with Crippen LogP contribution in [0.4, 0.5) is 8.78 Å². The molecular formula is C22H24F2N2O3. The maximum absolute atomic E-state index is 14.0. The Morgan fingerprint density at radius 1 is 1.21 bits per heavy atom. The van der Waals surface area contributed by atoms with Gasteiger partial charge in [0, 0.05) is 38.2 Å². The van der Waals surface area contributed by atoms with Crippen molar-refractivity contribution in [3.05, 3.63) is 71.3 Å². The SMILES string of the molecule is COCC(=O)N1[C@@H](CO)[C@@H](c2ccccc2)C12CN(Cc1cc(F)ccc1F)C2. The van der Waals surface area contributed by atoms with E-state index >= 15 is 0 Å². The highest BCUT2D eigenvalue weighted by Gasteiger charge is 2.67. The number of ether oxygens (including phenoxy) is 1. The van der Waals surface area contributed by atoms with Gasteiger partial charge in [0.05, 0.1) is 18.2 Å². The van der Waals surface area contributed by atoms with Crippen molar-refractivity contribution >= 4 is 5.91 Å². The first-order valence-corrected chi connectivity index (χ1v) is 9.63. The van der Waals surface area contributed by atoms with Crippen molar-refractivity contribution in [3.63, 3.8) is 0 Å². The summed E-state index contributed by atoms with van der Waals surface area (Å²) in [6.07, 6.45) is 0. The predicted molar refractivity (Wildman–Crippen MR) is 103 cm³/mol. The van der Waals surface area contributed by atoms with Crippen molar-refractivity contribution in [3.8, 4) is 0 Å². The molecule has 2 aliphatic rings. The number of aliphatic hydroxyl groups is 1. The van der Waals surface area contributed by atoms with Gasteiger partial charge in [-0.3, -0.25) is 9.69 Å². The maximum Gasteiger partial charge on any atom is 0.249 e. The number of benzene rings is 2. The quantitative estimate of drug-likeness (QED) is 0.805. The third-order valence-electron chi connectivity index (χ3n) is 6.05. The summed E-state index contributed by atoms with van der Waals surface area (Å²) < 4.78 is 32.6. The number of likely N-dealkylation sites (tertiary alicyclic amines) is 2. The van der Waals surface area contributed by atoms with Crippen molar-refractivity contribution in [2.24, 2.45) is 0 Å². The smallest absolute Gasteiger partial charge is 0.249 e. The zero-order valence-corrected chi connectivity index (χ0v) is 16.2. The van der Waals surface area contributed by atoms with Crippen LogP contribution in [0.1, 0.15) is 17.0 Å². The van der Waals surface area contributed by atoms with Gasteiger partial charge in [-0.15, -0.1) is 0 Å². The Kier molecular flexibility index (Phi) is 5.38. The molecule has 4 rings (SSSR count). The van der Waals surface area contributed by atoms with E-state index in [4.69, 9.17) is 4.74 Å². The Labute approximate surface area is 168 Å². The van der Waals surface area contributed by atoms with Crippen LogP contribution in [0.3, 0.4) is 0 Å². The van der Waals surface area contributed by atoms with E-state index in [0.717, 1.165) is 17.7 Å². The minimum absolute atomic E-state index is 0.0249. The van der Waals surface area contributed by atoms with E-state index in [0.29, 0.717) is 18.7 Å². The molecule has 0 unspecified atom stereocenters. The first kappa shape index (κ1) is 19.9. The number of halogens is 2. The van der Waals surface area contributed by atoms with Crippen LogP contribution >= 0.6 is 0 Å². The van der Waals surface area contributed by atoms with E-state index < -0.39 is 17.2 Å². The number of rotatable bonds is 6. The van der Waals surface area contributed by atoms with Gasteiger partial charge in [-0.05, 0) is 23.8 Å². The lowest BCUT2D eigenvalue weighted by atomic mass is 9.60. The molecule has 7 heteroatoms. The molecule has 1 N–H and O–H groups in total. The van der Waals surface area contributed by atoms with Crippen LogP contribution in [-0.2, 0) is 16.1 Å². The van der Waals surface area contributed by atoms with Gasteiger partial charge in [0.1, 0.15) is 18.2 Å². The van der Waals surface area contributed by atoms with Gasteiger partial charge in [-0.1, -0.05) is 30.3 Å². The molecule has 154 valence electrons. The molecule has 2 atom stereocenters. The number of hydrogen-bond acceptors (Lipinski definition) is 4. The highest BCUT2D eigenvalue weighted by molar-refractivity contribution is 5.81. The van der Waals surface area contributed by atoms with Crippen LogP contribution in [-0.4, -0.2) is 65.8 Å². The molecule has 2 saturated heterocycles. The third kappa shape index (κ3) is 3.33. The summed E-state index contributed by atoms with van der Waals surface area (Å²) >= 11 is 0. The number of carbonyl (C=O) groups excluding carboxylic acids is 1. The number of nitrogens with zero attached hydrogens (tertiary/aromatic N) is 2. The summed E-state index contributed by atoms with van der Waals surface area (Å²) in [5.41, 5.74) is 0.877. The zero-order chi connectivity index (χ0) is 20.6. The summed E-state index contributed by atoms with van der Waals surface area (Å²) in [7, 11) is 1.47. The Bertz CT molecular complexity index is 887. The molecule has 2 aliphatic heterocycles. The average Bonchev–Trinajstić information content (AvgIpc) is 2.66. The monoisotopic (exact) mass is 402 g/mol. The molecule has 29 heavy (non-hydrogen) atoms. The molecule has 1 amide bonds. The zero-order valence-electron chi connectivity index (χ0n) is 16.2. The van der Waals surface area contributed by atoms with Crippen molar-refractivity contribution in [1.82, 2.24) is 9.80 Å². The van der Waals surface area contributed by atoms with Crippen LogP contribution in [0.5, 0.6) is 0 Å². The van der Waals surface area contributed by atoms with Gasteiger partial charge in [-0.25, -0.2) is 8.78 Å². The lowest BCUT2D eigenvalue weighted by Crippen LogP contribution is -2.85. The highest BCUT2D eigenvalue weighted by Crippen LogP contribution is 2.54. The summed E-state index contributed by atoms with van der Waals surface area (Å²) in [5, 5.41) is 9.99. The average molecular weight is 402 g/mol. The summed E-state index contributed by atoms with van der Waals surface area (Å²) in [4.78, 5) is 16.4. The number of methoxy groups -OCH3 is 1. The Morgan fingerprint density at radius 2 is 1.93 bits per heavy atom. The van der Waals surface area contributed by atoms with E-state index in [-0.39, 0.29) is 37.6 Å². The predicted octanol–water partition coefficient (Wildman–Crippen LogP) is 2.15. The van der Waals surface area contributed by atoms with Crippen molar-refractivity contribution in [2.45, 2.75) is 24.0 Å². The minimum Gasteiger partial charge on any atom is -0.394 e. The van der Waals surface area contributed by atoms with Gasteiger partial charge < -0.3 is 14.7 Å². The van der Waals surface area contributed by atoms with Gasteiger partial charge in [0.2, 0.25) is 5.91 Å². The van der Waals surface area contributed by atoms with Crippen LogP contribution < -0.4 is 0 Å². The molecule has 0 radical (unpaired) electrons. The number of carbonyl (C=O) groups is 1. The van der Waals surface area contributed by atoms with E-state index in [1.807, 2.05) is 35.2 Å². The lowest BCUT2D eigenvalue weighted by molar-refractivity contribution is -0.204. The molecule has 0 bridgehead atoms. The number of hydrogen-bond donors (Lipinski definition) is 1. The standard InChI is InChI=1S/C22H24F2N2O3/c1-29-12-20(28)26-19(11-27)21(15-5-3-2-4-6-15)22(26)13-25(14-22)10-16-9-17(23)7-8-18(16)24/h2-9,19,21,27H,10-14H2,1H3/t19-,21+/m0/s1. The van der Waals surface area contributed by atoms with Crippen LogP contribution in [0, 0.1) is 11.6 Å². The van der Waals surface area contributed by atoms with Crippen molar-refractivity contribution in [2.75, 3.05) is 33.4 Å². The second kappa shape index (κ2) is 7.82. The Hall–Kier alpha value is -2.35. The molecule has 0 aromatic heterocycles. The molecule has 1 spiro atoms. The van der Waals surface area contributed by atoms with Crippen LogP contribution in [0.15, 0.2) is 48.5 Å². The molecule has 0 aliphatic carbocycles. The lowest BCUT2D eigenvalue weighted by Gasteiger charge is -2.70. The fourth-order valence-electron chi connectivity index (χ4n) is 5.01. The third-order valence-corrected chi connectivity index (χ3v) is 6.05. The molecule has 2 aromatic carbocycles. The number of aliphatic hydroxyl groups excluding tert-OH is 1. The highest BCUT2D eigenvalue weighted by atomic mass is 19.1. The molecule has 2 fully saturated rings. The van der Waals surface area contributed by atoms with Gasteiger partial charge >= 0.3 is 0 Å². The second-order valence-corrected chi connectivity index (χ2v) is 7.82. The largest absolute Gasteiger partial charge is 0.394 e. The molecule has 2 aromatic rings. The molecular weight excluding hydrogens is 378 g/mol. The summed E-state index contributed by atoms with van der Waals surface area (Å²) in [5.74, 6) is -1.11. The first-order valence-electron chi connectivity index (χ1n) is 9.63. The molecule has 0 saturated carbocycles. The maximum atomic E-state index is 14.0. The van der Waals surface area contributed by atoms with E-state index in [9.17, 15) is 18.7 Å². The number of amides is 1. The normalized spacial score (nSPS) is 23.0. The summed E-state index contributed by atoms with van der Waals surface area (Å²) in [6.45, 7) is 1.11. The molecule has 2 heterocycles. The van der Waals surface area contributed by atoms with E-state index in [2.05, 4.69) is 0 Å². The van der Waals surface area contributed by atoms with Gasteiger partial charge in [-0.2, -0.15) is 0 Å². The van der Waals surface area contributed by atoms with Gasteiger partial charge in [0.15, 0.2) is 0 Å². The fraction of sp³-hybridized carbons (Fsp3) is 0.409. The van der Waals surface area contributed by atoms with Crippen LogP contribution in [0.2, 0.25) is 0 Å². The summed E-state index contributed by atoms with van der Waals surface area (Å²) in [6, 6.07) is 12.9. The topological polar surface area (TPSA) is 53.0 Å². The Morgan fingerprint density at radius 3 is 2.59 bits per heavy atom. The van der Waals surface area contributed by atoms with E-state index in [1.54, 1.807) is 4.90 Å². The minimum atomic E-state index is -0.478. The van der Waals surface area contributed by atoms with Crippen molar-refractivity contribution in [1.29, 1.82) is 0 Å². The fourth-order valence-corrected chi connectivity index (χ4v) is 5.01.